The molecule has 8 nitrogen and oxygen atoms in total. The molecule has 1 fully saturated rings. The Bertz CT molecular complexity index is 1400. The highest BCUT2D eigenvalue weighted by molar-refractivity contribution is 9.10. The van der Waals surface area contributed by atoms with E-state index < -0.39 is 11.8 Å². The topological polar surface area (TPSA) is 88.2 Å². The Morgan fingerprint density at radius 3 is 2.50 bits per heavy atom. The van der Waals surface area contributed by atoms with Gasteiger partial charge in [-0.2, -0.15) is 0 Å². The van der Waals surface area contributed by atoms with Gasteiger partial charge in [-0.3, -0.25) is 14.4 Å². The number of anilines is 2. The van der Waals surface area contributed by atoms with Crippen LogP contribution in [0.5, 0.6) is 11.5 Å². The van der Waals surface area contributed by atoms with Gasteiger partial charge >= 0.3 is 11.8 Å². The van der Waals surface area contributed by atoms with Crippen LogP contribution < -0.4 is 15.0 Å². The van der Waals surface area contributed by atoms with Crippen molar-refractivity contribution in [2.24, 2.45) is 0 Å². The third-order valence-electron chi connectivity index (χ3n) is 5.83. The van der Waals surface area contributed by atoms with Crippen LogP contribution in [-0.4, -0.2) is 49.4 Å². The first-order valence-corrected chi connectivity index (χ1v) is 13.1. The molecule has 4 rings (SSSR count). The van der Waals surface area contributed by atoms with E-state index in [0.29, 0.717) is 44.9 Å². The van der Waals surface area contributed by atoms with Crippen LogP contribution in [0.1, 0.15) is 11.1 Å². The number of hydrogen-bond donors (Lipinski definition) is 1. The van der Waals surface area contributed by atoms with Gasteiger partial charge in [-0.1, -0.05) is 45.2 Å². The first-order valence-electron chi connectivity index (χ1n) is 11.6. The fourth-order valence-electron chi connectivity index (χ4n) is 3.89. The molecule has 0 bridgehead atoms. The summed E-state index contributed by atoms with van der Waals surface area (Å²) in [5, 5.41) is 3.46. The van der Waals surface area contributed by atoms with Gasteiger partial charge in [0.05, 0.1) is 16.7 Å². The lowest BCUT2D eigenvalue weighted by molar-refractivity contribution is -0.142. The van der Waals surface area contributed by atoms with Crippen molar-refractivity contribution >= 4 is 68.2 Å². The standard InChI is InChI=1S/C27H24BrCl2N3O5/c1-16-11-18(4-8-24(16)33-9-10-37-15-25(33)34)31-26(35)27(36)32(2)14-17-3-5-19(12-21(17)28)38-20-6-7-22(29)23(30)13-20/h3-8,11-13H,9-10,14-15H2,1-2H3,(H,31,35). The fourth-order valence-corrected chi connectivity index (χ4v) is 4.66. The smallest absolute Gasteiger partial charge is 0.313 e. The SMILES string of the molecule is Cc1cc(NC(=O)C(=O)N(C)Cc2ccc(Oc3ccc(Cl)c(Cl)c3)cc2Br)ccc1N1CCOCC1=O. The van der Waals surface area contributed by atoms with Crippen LogP contribution in [0.4, 0.5) is 11.4 Å². The lowest BCUT2D eigenvalue weighted by atomic mass is 10.1. The van der Waals surface area contributed by atoms with Gasteiger partial charge in [-0.15, -0.1) is 0 Å². The van der Waals surface area contributed by atoms with Gasteiger partial charge in [0.15, 0.2) is 0 Å². The number of carbonyl (C=O) groups excluding carboxylic acids is 3. The number of hydrogen-bond acceptors (Lipinski definition) is 5. The van der Waals surface area contributed by atoms with E-state index in [1.165, 1.54) is 4.90 Å². The molecule has 1 aliphatic heterocycles. The average molecular weight is 621 g/mol. The highest BCUT2D eigenvalue weighted by Gasteiger charge is 2.23. The van der Waals surface area contributed by atoms with Gasteiger partial charge in [0.25, 0.3) is 5.91 Å². The second-order valence-electron chi connectivity index (χ2n) is 8.65. The van der Waals surface area contributed by atoms with Crippen molar-refractivity contribution in [3.05, 3.63) is 80.2 Å². The number of halogens is 3. The number of benzene rings is 3. The number of likely N-dealkylation sites (N-methyl/N-ethyl adjacent to an activating group) is 1. The Morgan fingerprint density at radius 1 is 1.08 bits per heavy atom. The number of aryl methyl sites for hydroxylation is 1. The van der Waals surface area contributed by atoms with Crippen molar-refractivity contribution in [3.8, 4) is 11.5 Å². The van der Waals surface area contributed by atoms with Crippen LogP contribution in [-0.2, 0) is 25.7 Å². The summed E-state index contributed by atoms with van der Waals surface area (Å²) in [5.41, 5.74) is 2.79. The molecule has 0 spiro atoms. The van der Waals surface area contributed by atoms with E-state index in [9.17, 15) is 14.4 Å². The van der Waals surface area contributed by atoms with Crippen LogP contribution in [0.15, 0.2) is 59.1 Å². The second kappa shape index (κ2) is 12.2. The number of ether oxygens (including phenoxy) is 2. The number of nitrogens with zero attached hydrogens (tertiary/aromatic N) is 2. The summed E-state index contributed by atoms with van der Waals surface area (Å²) in [4.78, 5) is 40.5. The van der Waals surface area contributed by atoms with Crippen LogP contribution >= 0.6 is 39.1 Å². The number of nitrogens with one attached hydrogen (secondary N) is 1. The molecule has 3 amide bonds. The first kappa shape index (κ1) is 27.9. The minimum atomic E-state index is -0.766. The van der Waals surface area contributed by atoms with E-state index in [4.69, 9.17) is 32.7 Å². The Kier molecular flexibility index (Phi) is 8.94. The molecule has 0 radical (unpaired) electrons. The maximum atomic E-state index is 12.8. The fraction of sp³-hybridized carbons (Fsp3) is 0.222. The predicted molar refractivity (Wildman–Crippen MR) is 150 cm³/mol. The number of rotatable bonds is 6. The average Bonchev–Trinajstić information content (AvgIpc) is 2.88. The molecular formula is C27H24BrCl2N3O5. The zero-order valence-electron chi connectivity index (χ0n) is 20.6. The Morgan fingerprint density at radius 2 is 1.82 bits per heavy atom. The maximum Gasteiger partial charge on any atom is 0.313 e. The zero-order chi connectivity index (χ0) is 27.4. The summed E-state index contributed by atoms with van der Waals surface area (Å²) in [5.74, 6) is -0.491. The zero-order valence-corrected chi connectivity index (χ0v) is 23.7. The Labute approximate surface area is 238 Å². The first-order chi connectivity index (χ1) is 18.1. The molecule has 1 heterocycles. The van der Waals surface area contributed by atoms with Crippen molar-refractivity contribution in [1.82, 2.24) is 4.90 Å². The summed E-state index contributed by atoms with van der Waals surface area (Å²) in [6.07, 6.45) is 0. The lowest BCUT2D eigenvalue weighted by Gasteiger charge is -2.28. The van der Waals surface area contributed by atoms with Gasteiger partial charge < -0.3 is 24.6 Å². The van der Waals surface area contributed by atoms with Crippen LogP contribution in [0.2, 0.25) is 10.0 Å². The van der Waals surface area contributed by atoms with Crippen molar-refractivity contribution in [1.29, 1.82) is 0 Å². The van der Waals surface area contributed by atoms with E-state index >= 15 is 0 Å². The molecule has 0 aromatic heterocycles. The van der Waals surface area contributed by atoms with E-state index in [-0.39, 0.29) is 19.1 Å². The predicted octanol–water partition coefficient (Wildman–Crippen LogP) is 5.82. The van der Waals surface area contributed by atoms with Gasteiger partial charge in [0.1, 0.15) is 18.1 Å². The molecule has 3 aromatic rings. The summed E-state index contributed by atoms with van der Waals surface area (Å²) < 4.78 is 11.7. The molecular weight excluding hydrogens is 597 g/mol. The molecule has 38 heavy (non-hydrogen) atoms. The molecule has 0 atom stereocenters. The molecule has 3 aromatic carbocycles. The van der Waals surface area contributed by atoms with E-state index in [2.05, 4.69) is 21.2 Å². The Balaban J connectivity index is 1.36. The highest BCUT2D eigenvalue weighted by Crippen LogP contribution is 2.32. The lowest BCUT2D eigenvalue weighted by Crippen LogP contribution is -2.42. The van der Waals surface area contributed by atoms with Gasteiger partial charge in [-0.25, -0.2) is 0 Å². The normalized spacial score (nSPS) is 13.3. The van der Waals surface area contributed by atoms with Crippen LogP contribution in [0.3, 0.4) is 0 Å². The summed E-state index contributed by atoms with van der Waals surface area (Å²) >= 11 is 15.5. The number of amides is 3. The molecule has 1 saturated heterocycles. The third kappa shape index (κ3) is 6.66. The van der Waals surface area contributed by atoms with Crippen molar-refractivity contribution in [2.45, 2.75) is 13.5 Å². The molecule has 0 saturated carbocycles. The monoisotopic (exact) mass is 619 g/mol. The molecule has 0 unspecified atom stereocenters. The van der Waals surface area contributed by atoms with Crippen molar-refractivity contribution in [2.75, 3.05) is 37.0 Å². The largest absolute Gasteiger partial charge is 0.457 e. The van der Waals surface area contributed by atoms with Gasteiger partial charge in [0, 0.05) is 42.1 Å². The van der Waals surface area contributed by atoms with E-state index in [1.807, 2.05) is 6.92 Å². The summed E-state index contributed by atoms with van der Waals surface area (Å²) in [6, 6.07) is 15.4. The molecule has 1 aliphatic rings. The summed E-state index contributed by atoms with van der Waals surface area (Å²) in [7, 11) is 1.55. The van der Waals surface area contributed by atoms with Crippen molar-refractivity contribution < 1.29 is 23.9 Å². The van der Waals surface area contributed by atoms with Crippen LogP contribution in [0.25, 0.3) is 0 Å². The minimum Gasteiger partial charge on any atom is -0.457 e. The van der Waals surface area contributed by atoms with Gasteiger partial charge in [0.2, 0.25) is 0 Å². The summed E-state index contributed by atoms with van der Waals surface area (Å²) in [6.45, 7) is 3.01. The molecule has 198 valence electrons. The third-order valence-corrected chi connectivity index (χ3v) is 7.31. The van der Waals surface area contributed by atoms with Crippen LogP contribution in [0, 0.1) is 6.92 Å². The Hall–Kier alpha value is -3.11. The molecule has 11 heteroatoms. The number of carbonyl (C=O) groups is 3. The maximum absolute atomic E-state index is 12.8. The minimum absolute atomic E-state index is 0.0435. The molecule has 0 aliphatic carbocycles. The molecule has 1 N–H and O–H groups in total. The van der Waals surface area contributed by atoms with E-state index in [0.717, 1.165) is 16.8 Å². The second-order valence-corrected chi connectivity index (χ2v) is 10.3. The van der Waals surface area contributed by atoms with Gasteiger partial charge in [-0.05, 0) is 60.5 Å². The number of morpholine rings is 1. The van der Waals surface area contributed by atoms with E-state index in [1.54, 1.807) is 66.5 Å². The quantitative estimate of drug-likeness (QED) is 0.351. The van der Waals surface area contributed by atoms with Crippen molar-refractivity contribution in [3.63, 3.8) is 0 Å². The highest BCUT2D eigenvalue weighted by atomic mass is 79.9.